The first-order valence-electron chi connectivity index (χ1n) is 8.06. The van der Waals surface area contributed by atoms with Gasteiger partial charge in [-0.3, -0.25) is 12.2 Å². The van der Waals surface area contributed by atoms with Gasteiger partial charge in [-0.2, -0.15) is 22.3 Å². The fraction of sp³-hybridized carbons (Fsp3) is 0.571. The molecule has 0 aliphatic heterocycles. The Labute approximate surface area is 177 Å². The van der Waals surface area contributed by atoms with Crippen molar-refractivity contribution in [2.24, 2.45) is 11.8 Å². The molecule has 2 aliphatic carbocycles. The van der Waals surface area contributed by atoms with Crippen LogP contribution < -0.4 is 0 Å². The molecular formula is C21H34Cl2Hf. The van der Waals surface area contributed by atoms with Crippen LogP contribution in [0.15, 0.2) is 33.4 Å². The predicted octanol–water partition coefficient (Wildman–Crippen LogP) is 7.03. The van der Waals surface area contributed by atoms with E-state index in [9.17, 15) is 0 Å². The number of halogens is 2. The van der Waals surface area contributed by atoms with Gasteiger partial charge in [0, 0.05) is 0 Å². The first-order chi connectivity index (χ1) is 9.98. The molecule has 24 heavy (non-hydrogen) atoms. The van der Waals surface area contributed by atoms with Crippen molar-refractivity contribution >= 4 is 28.1 Å². The Morgan fingerprint density at radius 1 is 0.708 bits per heavy atom. The van der Waals surface area contributed by atoms with Crippen LogP contribution in [0.1, 0.15) is 69.2 Å². The van der Waals surface area contributed by atoms with Crippen LogP contribution in [0.2, 0.25) is 0 Å². The van der Waals surface area contributed by atoms with E-state index < -0.39 is 0 Å². The minimum absolute atomic E-state index is 0. The fourth-order valence-corrected chi connectivity index (χ4v) is 2.32. The van der Waals surface area contributed by atoms with Gasteiger partial charge in [0.2, 0.25) is 0 Å². The molecule has 0 aromatic carbocycles. The molecule has 0 nitrogen and oxygen atoms in total. The van der Waals surface area contributed by atoms with Crippen molar-refractivity contribution < 1.29 is 23.9 Å². The van der Waals surface area contributed by atoms with E-state index in [0.29, 0.717) is 11.8 Å². The molecule has 0 aromatic heterocycles. The zero-order valence-electron chi connectivity index (χ0n) is 17.0. The maximum atomic E-state index is 3.36. The minimum atomic E-state index is 0. The van der Waals surface area contributed by atoms with Crippen molar-refractivity contribution in [3.8, 4) is 0 Å². The molecular weight excluding hydrogens is 502 g/mol. The van der Waals surface area contributed by atoms with Gasteiger partial charge >= 0.3 is 41.0 Å². The number of allylic oxidation sites excluding steroid dienone is 8. The Kier molecular flexibility index (Phi) is 16.3. The molecule has 0 fully saturated rings. The van der Waals surface area contributed by atoms with Gasteiger partial charge in [-0.1, -0.05) is 53.4 Å². The van der Waals surface area contributed by atoms with E-state index in [1.807, 2.05) is 0 Å². The smallest absolute Gasteiger partial charge is 0.147 e. The van der Waals surface area contributed by atoms with Crippen molar-refractivity contribution in [2.45, 2.75) is 69.2 Å². The third-order valence-corrected chi connectivity index (χ3v) is 4.47. The molecule has 136 valence electrons. The molecule has 2 rings (SSSR count). The summed E-state index contributed by atoms with van der Waals surface area (Å²) in [6.45, 7) is 21.6. The third kappa shape index (κ3) is 9.68. The molecule has 0 N–H and O–H groups in total. The van der Waals surface area contributed by atoms with Crippen molar-refractivity contribution in [1.82, 2.24) is 0 Å². The Morgan fingerprint density at radius 3 is 0.958 bits per heavy atom. The molecule has 0 bridgehead atoms. The van der Waals surface area contributed by atoms with Crippen LogP contribution in [0.4, 0.5) is 0 Å². The maximum Gasteiger partial charge on any atom is -0.147 e. The molecule has 0 heterocycles. The quantitative estimate of drug-likeness (QED) is 0.231. The van der Waals surface area contributed by atoms with Gasteiger partial charge < -0.3 is 0 Å². The first-order valence-corrected chi connectivity index (χ1v) is 9.86. The second kappa shape index (κ2) is 13.5. The largest absolute Gasteiger partial charge is 0.147 e. The minimum Gasteiger partial charge on any atom is -0.147 e. The van der Waals surface area contributed by atoms with Gasteiger partial charge in [-0.25, -0.2) is 11.1 Å². The summed E-state index contributed by atoms with van der Waals surface area (Å²) in [5.41, 5.74) is 8.49. The SMILES string of the molecule is CC1=[C-]C(C)C(C)=C1C.CC1=[C-]C(C)C(C)=C1C.C[C](C)=[Hf+2].Cl.Cl. The zero-order valence-corrected chi connectivity index (χ0v) is 22.2. The fourth-order valence-electron chi connectivity index (χ4n) is 2.32. The van der Waals surface area contributed by atoms with Crippen molar-refractivity contribution in [1.29, 1.82) is 0 Å². The summed E-state index contributed by atoms with van der Waals surface area (Å²) in [5.74, 6) is 1.12. The predicted molar refractivity (Wildman–Crippen MR) is 111 cm³/mol. The van der Waals surface area contributed by atoms with Gasteiger partial charge in [-0.05, 0) is 0 Å². The summed E-state index contributed by atoms with van der Waals surface area (Å²) >= 11 is 1.27. The number of hydrogen-bond donors (Lipinski definition) is 0. The second-order valence-electron chi connectivity index (χ2n) is 6.60. The summed E-state index contributed by atoms with van der Waals surface area (Å²) < 4.78 is 1.56. The number of rotatable bonds is 0. The van der Waals surface area contributed by atoms with Crippen LogP contribution in [-0.4, -0.2) is 3.26 Å². The van der Waals surface area contributed by atoms with Crippen LogP contribution in [0, 0.1) is 24.0 Å². The summed E-state index contributed by atoms with van der Waals surface area (Å²) in [5, 5.41) is 0. The van der Waals surface area contributed by atoms with E-state index in [-0.39, 0.29) is 24.8 Å². The average molecular weight is 536 g/mol. The normalized spacial score (nSPS) is 21.5. The Hall–Kier alpha value is 0.280. The summed E-state index contributed by atoms with van der Waals surface area (Å²) in [6.07, 6.45) is 6.72. The van der Waals surface area contributed by atoms with Crippen molar-refractivity contribution in [3.63, 3.8) is 0 Å². The maximum absolute atomic E-state index is 3.36. The van der Waals surface area contributed by atoms with E-state index in [0.717, 1.165) is 0 Å². The Balaban J connectivity index is -0.000000283. The monoisotopic (exact) mass is 536 g/mol. The molecule has 2 unspecified atom stereocenters. The molecule has 0 amide bonds. The van der Waals surface area contributed by atoms with Gasteiger partial charge in [0.15, 0.2) is 0 Å². The molecule has 0 radical (unpaired) electrons. The van der Waals surface area contributed by atoms with Crippen LogP contribution >= 0.6 is 24.8 Å². The van der Waals surface area contributed by atoms with Crippen LogP contribution in [0.3, 0.4) is 0 Å². The van der Waals surface area contributed by atoms with E-state index in [1.165, 1.54) is 57.3 Å². The van der Waals surface area contributed by atoms with E-state index in [1.54, 1.807) is 3.26 Å². The molecule has 0 aromatic rings. The molecule has 3 heteroatoms. The Bertz CT molecular complexity index is 500. The topological polar surface area (TPSA) is 0 Å². The summed E-state index contributed by atoms with van der Waals surface area (Å²) in [4.78, 5) is 0. The van der Waals surface area contributed by atoms with E-state index in [4.69, 9.17) is 0 Å². The van der Waals surface area contributed by atoms with Crippen LogP contribution in [-0.2, 0) is 23.9 Å². The first kappa shape index (κ1) is 29.1. The van der Waals surface area contributed by atoms with Gasteiger partial charge in [0.1, 0.15) is 0 Å². The summed E-state index contributed by atoms with van der Waals surface area (Å²) in [6, 6.07) is 0. The van der Waals surface area contributed by atoms with Crippen LogP contribution in [0.5, 0.6) is 0 Å². The van der Waals surface area contributed by atoms with E-state index in [2.05, 4.69) is 81.4 Å². The molecule has 2 aliphatic rings. The molecule has 0 saturated carbocycles. The van der Waals surface area contributed by atoms with Crippen LogP contribution in [0.25, 0.3) is 0 Å². The number of hydrogen-bond acceptors (Lipinski definition) is 0. The molecule has 2 atom stereocenters. The van der Waals surface area contributed by atoms with Gasteiger partial charge in [0.25, 0.3) is 0 Å². The average Bonchev–Trinajstić information content (AvgIpc) is 2.75. The van der Waals surface area contributed by atoms with Gasteiger partial charge in [0.05, 0.1) is 0 Å². The Morgan fingerprint density at radius 2 is 0.917 bits per heavy atom. The summed E-state index contributed by atoms with van der Waals surface area (Å²) in [7, 11) is 0. The molecule has 0 spiro atoms. The zero-order chi connectivity index (χ0) is 17.6. The van der Waals surface area contributed by atoms with E-state index >= 15 is 0 Å². The second-order valence-corrected chi connectivity index (χ2v) is 10.2. The molecule has 0 saturated heterocycles. The van der Waals surface area contributed by atoms with Gasteiger partial charge in [-0.15, -0.1) is 38.7 Å². The van der Waals surface area contributed by atoms with Crippen molar-refractivity contribution in [2.75, 3.05) is 0 Å². The third-order valence-electron chi connectivity index (χ3n) is 4.47. The van der Waals surface area contributed by atoms with Crippen molar-refractivity contribution in [3.05, 3.63) is 45.6 Å². The standard InChI is InChI=1S/2C9H13.C3H6.2ClH.Hf/c2*1-6-5-7(2)9(4)8(6)3;1-3-2;;;/h2*6H,1-4H3;1-2H3;2*1H;/q2*-1;;;;+2.